The van der Waals surface area contributed by atoms with E-state index in [1.807, 2.05) is 37.3 Å². The average molecular weight is 484 g/mol. The molecule has 0 unspecified atom stereocenters. The van der Waals surface area contributed by atoms with Crippen molar-refractivity contribution in [1.82, 2.24) is 14.9 Å². The van der Waals surface area contributed by atoms with Crippen LogP contribution in [-0.4, -0.2) is 28.6 Å². The molecule has 0 saturated heterocycles. The van der Waals surface area contributed by atoms with E-state index in [0.717, 1.165) is 71.5 Å². The van der Waals surface area contributed by atoms with Gasteiger partial charge < -0.3 is 14.6 Å². The van der Waals surface area contributed by atoms with E-state index >= 15 is 0 Å². The monoisotopic (exact) mass is 483 g/mol. The number of para-hydroxylation sites is 2. The molecule has 5 nitrogen and oxygen atoms in total. The van der Waals surface area contributed by atoms with Crippen molar-refractivity contribution in [3.8, 4) is 5.75 Å². The van der Waals surface area contributed by atoms with Crippen molar-refractivity contribution in [3.05, 3.63) is 94.8 Å². The number of fused-ring (bicyclic) bond motifs is 1. The lowest BCUT2D eigenvalue weighted by molar-refractivity contribution is -0.120. The summed E-state index contributed by atoms with van der Waals surface area (Å²) in [6.45, 7) is 8.31. The van der Waals surface area contributed by atoms with Crippen molar-refractivity contribution in [3.63, 3.8) is 0 Å². The second-order valence-corrected chi connectivity index (χ2v) is 9.55. The van der Waals surface area contributed by atoms with Crippen LogP contribution in [0, 0.1) is 20.8 Å². The first-order valence-electron chi connectivity index (χ1n) is 13.0. The van der Waals surface area contributed by atoms with Crippen molar-refractivity contribution in [2.24, 2.45) is 0 Å². The van der Waals surface area contributed by atoms with Gasteiger partial charge in [-0.3, -0.25) is 4.79 Å². The number of imidazole rings is 1. The number of hydrogen-bond acceptors (Lipinski definition) is 3. The minimum atomic E-state index is 0.0925. The first kappa shape index (κ1) is 25.5. The number of hydrogen-bond donors (Lipinski definition) is 1. The number of ether oxygens (including phenoxy) is 1. The number of benzene rings is 3. The zero-order valence-corrected chi connectivity index (χ0v) is 21.7. The van der Waals surface area contributed by atoms with E-state index in [1.54, 1.807) is 0 Å². The average Bonchev–Trinajstić information content (AvgIpc) is 3.21. The quantitative estimate of drug-likeness (QED) is 0.247. The molecule has 3 aromatic carbocycles. The third-order valence-corrected chi connectivity index (χ3v) is 6.65. The zero-order chi connectivity index (χ0) is 25.3. The van der Waals surface area contributed by atoms with E-state index in [-0.39, 0.29) is 5.91 Å². The van der Waals surface area contributed by atoms with Crippen LogP contribution in [0.15, 0.2) is 66.7 Å². The minimum absolute atomic E-state index is 0.0925. The second kappa shape index (κ2) is 12.4. The molecule has 0 radical (unpaired) electrons. The molecule has 0 atom stereocenters. The highest BCUT2D eigenvalue weighted by Crippen LogP contribution is 2.21. The predicted octanol–water partition coefficient (Wildman–Crippen LogP) is 6.11. The van der Waals surface area contributed by atoms with Gasteiger partial charge in [-0.15, -0.1) is 0 Å². The highest BCUT2D eigenvalue weighted by Gasteiger charge is 2.11. The van der Waals surface area contributed by atoms with E-state index in [4.69, 9.17) is 9.72 Å². The van der Waals surface area contributed by atoms with Gasteiger partial charge in [-0.2, -0.15) is 0 Å². The maximum Gasteiger partial charge on any atom is 0.224 e. The molecular weight excluding hydrogens is 446 g/mol. The molecule has 0 aliphatic rings. The highest BCUT2D eigenvalue weighted by atomic mass is 16.5. The maximum atomic E-state index is 12.3. The van der Waals surface area contributed by atoms with Crippen LogP contribution in [0.1, 0.15) is 47.3 Å². The van der Waals surface area contributed by atoms with Gasteiger partial charge in [0.2, 0.25) is 5.91 Å². The van der Waals surface area contributed by atoms with Gasteiger partial charge in [-0.25, -0.2) is 4.98 Å². The van der Waals surface area contributed by atoms with Crippen LogP contribution in [0.2, 0.25) is 0 Å². The lowest BCUT2D eigenvalue weighted by atomic mass is 10.1. The SMILES string of the molecule is Cc1ccc(OCCn2c(CCCCCNC(=O)Cc3ccccc3C)nc3ccccc32)c(C)c1. The van der Waals surface area contributed by atoms with Gasteiger partial charge >= 0.3 is 0 Å². The summed E-state index contributed by atoms with van der Waals surface area (Å²) in [6.07, 6.45) is 4.41. The smallest absolute Gasteiger partial charge is 0.224 e. The summed E-state index contributed by atoms with van der Waals surface area (Å²) in [7, 11) is 0. The van der Waals surface area contributed by atoms with Crippen molar-refractivity contribution in [2.45, 2.75) is 59.4 Å². The molecule has 0 saturated carbocycles. The minimum Gasteiger partial charge on any atom is -0.491 e. The third-order valence-electron chi connectivity index (χ3n) is 6.65. The molecule has 4 aromatic rings. The number of amides is 1. The summed E-state index contributed by atoms with van der Waals surface area (Å²) < 4.78 is 8.40. The van der Waals surface area contributed by atoms with Gasteiger partial charge in [0.05, 0.1) is 24.0 Å². The van der Waals surface area contributed by atoms with Gasteiger partial charge in [0.25, 0.3) is 0 Å². The Bertz CT molecular complexity index is 1310. The Morgan fingerprint density at radius 2 is 1.72 bits per heavy atom. The topological polar surface area (TPSA) is 56.1 Å². The molecule has 1 amide bonds. The maximum absolute atomic E-state index is 12.3. The number of unbranched alkanes of at least 4 members (excludes halogenated alkanes) is 2. The molecule has 5 heteroatoms. The van der Waals surface area contributed by atoms with Crippen LogP contribution in [0.4, 0.5) is 0 Å². The molecule has 4 rings (SSSR count). The number of carbonyl (C=O) groups excluding carboxylic acids is 1. The van der Waals surface area contributed by atoms with Crippen molar-refractivity contribution >= 4 is 16.9 Å². The molecule has 36 heavy (non-hydrogen) atoms. The number of nitrogens with zero attached hydrogens (tertiary/aromatic N) is 2. The van der Waals surface area contributed by atoms with Gasteiger partial charge in [0.1, 0.15) is 18.2 Å². The zero-order valence-electron chi connectivity index (χ0n) is 21.7. The number of nitrogens with one attached hydrogen (secondary N) is 1. The molecular formula is C31H37N3O2. The molecule has 0 aliphatic heterocycles. The Balaban J connectivity index is 1.25. The van der Waals surface area contributed by atoms with E-state index < -0.39 is 0 Å². The van der Waals surface area contributed by atoms with Crippen LogP contribution in [0.5, 0.6) is 5.75 Å². The Kier molecular flexibility index (Phi) is 8.77. The van der Waals surface area contributed by atoms with Gasteiger partial charge in [0.15, 0.2) is 0 Å². The first-order valence-corrected chi connectivity index (χ1v) is 13.0. The molecule has 0 aliphatic carbocycles. The first-order chi connectivity index (χ1) is 17.5. The summed E-state index contributed by atoms with van der Waals surface area (Å²) in [6, 6.07) is 22.7. The predicted molar refractivity (Wildman–Crippen MR) is 147 cm³/mol. The van der Waals surface area contributed by atoms with Crippen LogP contribution in [0.25, 0.3) is 11.0 Å². The summed E-state index contributed by atoms with van der Waals surface area (Å²) in [4.78, 5) is 17.2. The highest BCUT2D eigenvalue weighted by molar-refractivity contribution is 5.78. The van der Waals surface area contributed by atoms with Gasteiger partial charge in [-0.1, -0.05) is 60.5 Å². The Hall–Kier alpha value is -3.60. The Morgan fingerprint density at radius 1 is 0.917 bits per heavy atom. The van der Waals surface area contributed by atoms with Gasteiger partial charge in [-0.05, 0) is 68.5 Å². The Morgan fingerprint density at radius 3 is 2.56 bits per heavy atom. The second-order valence-electron chi connectivity index (χ2n) is 9.55. The van der Waals surface area contributed by atoms with Crippen LogP contribution < -0.4 is 10.1 Å². The third kappa shape index (κ3) is 6.75. The van der Waals surface area contributed by atoms with E-state index in [9.17, 15) is 4.79 Å². The van der Waals surface area contributed by atoms with Crippen molar-refractivity contribution in [1.29, 1.82) is 0 Å². The Labute approximate surface area is 214 Å². The number of aromatic nitrogens is 2. The fourth-order valence-corrected chi connectivity index (χ4v) is 4.63. The lowest BCUT2D eigenvalue weighted by Gasteiger charge is -2.13. The van der Waals surface area contributed by atoms with E-state index in [0.29, 0.717) is 19.6 Å². The normalized spacial score (nSPS) is 11.1. The summed E-state index contributed by atoms with van der Waals surface area (Å²) in [5, 5.41) is 3.07. The number of aryl methyl sites for hydroxylation is 4. The summed E-state index contributed by atoms with van der Waals surface area (Å²) in [5.74, 6) is 2.13. The summed E-state index contributed by atoms with van der Waals surface area (Å²) >= 11 is 0. The van der Waals surface area contributed by atoms with Gasteiger partial charge in [0, 0.05) is 13.0 Å². The van der Waals surface area contributed by atoms with Crippen molar-refractivity contribution < 1.29 is 9.53 Å². The molecule has 188 valence electrons. The molecule has 1 heterocycles. The molecule has 1 N–H and O–H groups in total. The number of carbonyl (C=O) groups is 1. The molecule has 1 aromatic heterocycles. The molecule has 0 spiro atoms. The van der Waals surface area contributed by atoms with E-state index in [1.165, 1.54) is 5.56 Å². The van der Waals surface area contributed by atoms with E-state index in [2.05, 4.69) is 60.1 Å². The largest absolute Gasteiger partial charge is 0.491 e. The molecule has 0 bridgehead atoms. The summed E-state index contributed by atoms with van der Waals surface area (Å²) in [5.41, 5.74) is 6.85. The standard InChI is InChI=1S/C31H37N3O2/c1-23-16-17-29(25(3)21-23)36-20-19-34-28-14-9-8-13-27(28)33-30(34)15-5-4-10-18-32-31(35)22-26-12-7-6-11-24(26)2/h6-9,11-14,16-17,21H,4-5,10,15,18-20,22H2,1-3H3,(H,32,35). The fourth-order valence-electron chi connectivity index (χ4n) is 4.63. The fraction of sp³-hybridized carbons (Fsp3) is 0.355. The lowest BCUT2D eigenvalue weighted by Crippen LogP contribution is -2.26. The van der Waals surface area contributed by atoms with Crippen LogP contribution in [-0.2, 0) is 24.2 Å². The van der Waals surface area contributed by atoms with Crippen LogP contribution in [0.3, 0.4) is 0 Å². The molecule has 0 fully saturated rings. The van der Waals surface area contributed by atoms with Crippen molar-refractivity contribution in [2.75, 3.05) is 13.2 Å². The van der Waals surface area contributed by atoms with Crippen LogP contribution >= 0.6 is 0 Å². The number of rotatable bonds is 12.